The fraction of sp³-hybridized carbons (Fsp3) is 0.267. The molecule has 0 saturated heterocycles. The van der Waals surface area contributed by atoms with Crippen LogP contribution in [0.2, 0.25) is 0 Å². The van der Waals surface area contributed by atoms with Crippen molar-refractivity contribution >= 4 is 5.97 Å². The number of aromatic nitrogens is 2. The van der Waals surface area contributed by atoms with Crippen LogP contribution in [0.25, 0.3) is 11.5 Å². The second kappa shape index (κ2) is 6.81. The predicted octanol–water partition coefficient (Wildman–Crippen LogP) is 2.12. The Hall–Kier alpha value is -2.47. The largest absolute Gasteiger partial charge is 0.480 e. The van der Waals surface area contributed by atoms with Crippen LogP contribution in [0.15, 0.2) is 41.3 Å². The van der Waals surface area contributed by atoms with Crippen molar-refractivity contribution in [2.45, 2.75) is 13.5 Å². The van der Waals surface area contributed by atoms with Crippen molar-refractivity contribution < 1.29 is 14.3 Å². The summed E-state index contributed by atoms with van der Waals surface area (Å²) in [4.78, 5) is 12.5. The van der Waals surface area contributed by atoms with Crippen LogP contribution in [0, 0.1) is 6.92 Å². The van der Waals surface area contributed by atoms with Gasteiger partial charge in [0.2, 0.25) is 11.8 Å². The molecule has 110 valence electrons. The monoisotopic (exact) mass is 287 g/mol. The van der Waals surface area contributed by atoms with Gasteiger partial charge in [-0.2, -0.15) is 0 Å². The first-order chi connectivity index (χ1) is 10.1. The van der Waals surface area contributed by atoms with E-state index in [1.165, 1.54) is 0 Å². The van der Waals surface area contributed by atoms with Gasteiger partial charge in [0.25, 0.3) is 0 Å². The van der Waals surface area contributed by atoms with Crippen molar-refractivity contribution in [3.63, 3.8) is 0 Å². The van der Waals surface area contributed by atoms with E-state index in [1.807, 2.05) is 31.2 Å². The molecule has 0 bridgehead atoms. The van der Waals surface area contributed by atoms with Gasteiger partial charge in [-0.15, -0.1) is 16.8 Å². The Morgan fingerprint density at radius 2 is 2.29 bits per heavy atom. The maximum Gasteiger partial charge on any atom is 0.317 e. The molecule has 0 amide bonds. The van der Waals surface area contributed by atoms with Gasteiger partial charge in [0.1, 0.15) is 0 Å². The summed E-state index contributed by atoms with van der Waals surface area (Å²) in [7, 11) is 0. The van der Waals surface area contributed by atoms with E-state index in [-0.39, 0.29) is 13.1 Å². The highest BCUT2D eigenvalue weighted by atomic mass is 16.4. The van der Waals surface area contributed by atoms with Gasteiger partial charge in [-0.05, 0) is 19.1 Å². The summed E-state index contributed by atoms with van der Waals surface area (Å²) in [6.07, 6.45) is 1.64. The van der Waals surface area contributed by atoms with Crippen molar-refractivity contribution in [2.75, 3.05) is 13.1 Å². The number of hydrogen-bond acceptors (Lipinski definition) is 5. The zero-order valence-electron chi connectivity index (χ0n) is 11.8. The molecule has 0 aliphatic rings. The highest BCUT2D eigenvalue weighted by Gasteiger charge is 2.14. The van der Waals surface area contributed by atoms with E-state index in [1.54, 1.807) is 11.0 Å². The number of carboxylic acids is 1. The first kappa shape index (κ1) is 14.9. The van der Waals surface area contributed by atoms with E-state index in [2.05, 4.69) is 16.8 Å². The maximum atomic E-state index is 10.8. The summed E-state index contributed by atoms with van der Waals surface area (Å²) in [5, 5.41) is 16.8. The van der Waals surface area contributed by atoms with E-state index in [0.717, 1.165) is 11.1 Å². The second-order valence-electron chi connectivity index (χ2n) is 4.72. The lowest BCUT2D eigenvalue weighted by Crippen LogP contribution is -2.29. The van der Waals surface area contributed by atoms with E-state index < -0.39 is 5.97 Å². The molecule has 0 saturated carbocycles. The smallest absolute Gasteiger partial charge is 0.317 e. The van der Waals surface area contributed by atoms with Gasteiger partial charge in [-0.1, -0.05) is 23.8 Å². The Morgan fingerprint density at radius 1 is 1.48 bits per heavy atom. The van der Waals surface area contributed by atoms with Crippen molar-refractivity contribution in [1.82, 2.24) is 15.1 Å². The van der Waals surface area contributed by atoms with Gasteiger partial charge < -0.3 is 9.52 Å². The highest BCUT2D eigenvalue weighted by molar-refractivity contribution is 5.69. The second-order valence-corrected chi connectivity index (χ2v) is 4.72. The first-order valence-electron chi connectivity index (χ1n) is 6.53. The van der Waals surface area contributed by atoms with Crippen molar-refractivity contribution in [3.05, 3.63) is 48.4 Å². The zero-order chi connectivity index (χ0) is 15.2. The van der Waals surface area contributed by atoms with Gasteiger partial charge in [0, 0.05) is 12.1 Å². The van der Waals surface area contributed by atoms with Crippen LogP contribution in [0.5, 0.6) is 0 Å². The minimum Gasteiger partial charge on any atom is -0.480 e. The maximum absolute atomic E-state index is 10.8. The molecule has 1 N–H and O–H groups in total. The van der Waals surface area contributed by atoms with Crippen LogP contribution in [0.4, 0.5) is 0 Å². The number of aliphatic carboxylic acids is 1. The molecule has 0 unspecified atom stereocenters. The summed E-state index contributed by atoms with van der Waals surface area (Å²) in [6, 6.07) is 7.75. The first-order valence-corrected chi connectivity index (χ1v) is 6.53. The molecule has 6 heteroatoms. The van der Waals surface area contributed by atoms with Crippen LogP contribution < -0.4 is 0 Å². The van der Waals surface area contributed by atoms with E-state index in [4.69, 9.17) is 9.52 Å². The number of rotatable bonds is 7. The van der Waals surface area contributed by atoms with Crippen molar-refractivity contribution in [2.24, 2.45) is 0 Å². The fourth-order valence-electron chi connectivity index (χ4n) is 1.96. The molecular weight excluding hydrogens is 270 g/mol. The Labute approximate surface area is 122 Å². The van der Waals surface area contributed by atoms with Gasteiger partial charge in [-0.3, -0.25) is 9.69 Å². The molecule has 0 aliphatic carbocycles. The van der Waals surface area contributed by atoms with Crippen LogP contribution in [0.3, 0.4) is 0 Å². The van der Waals surface area contributed by atoms with E-state index in [9.17, 15) is 4.79 Å². The van der Waals surface area contributed by atoms with Gasteiger partial charge in [-0.25, -0.2) is 0 Å². The molecule has 1 aromatic heterocycles. The number of aryl methyl sites for hydroxylation is 1. The lowest BCUT2D eigenvalue weighted by atomic mass is 10.1. The average Bonchev–Trinajstić information content (AvgIpc) is 2.87. The molecule has 0 atom stereocenters. The number of carboxylic acid groups (broad SMARTS) is 1. The van der Waals surface area contributed by atoms with Crippen LogP contribution in [0.1, 0.15) is 11.5 Å². The molecule has 21 heavy (non-hydrogen) atoms. The molecule has 0 radical (unpaired) electrons. The van der Waals surface area contributed by atoms with Gasteiger partial charge >= 0.3 is 5.97 Å². The SMILES string of the molecule is C=CCN(CC(=O)O)Cc1nnc(-c2cccc(C)c2)o1. The van der Waals surface area contributed by atoms with Crippen LogP contribution in [-0.4, -0.2) is 39.3 Å². The zero-order valence-corrected chi connectivity index (χ0v) is 11.8. The van der Waals surface area contributed by atoms with Crippen molar-refractivity contribution in [1.29, 1.82) is 0 Å². The average molecular weight is 287 g/mol. The Morgan fingerprint density at radius 3 is 2.95 bits per heavy atom. The Kier molecular flexibility index (Phi) is 4.84. The quantitative estimate of drug-likeness (QED) is 0.786. The molecule has 0 spiro atoms. The minimum atomic E-state index is -0.907. The third-order valence-electron chi connectivity index (χ3n) is 2.84. The Balaban J connectivity index is 2.11. The van der Waals surface area contributed by atoms with Crippen LogP contribution in [-0.2, 0) is 11.3 Å². The van der Waals surface area contributed by atoms with Gasteiger partial charge in [0.05, 0.1) is 13.1 Å². The fourth-order valence-corrected chi connectivity index (χ4v) is 1.96. The molecule has 6 nitrogen and oxygen atoms in total. The normalized spacial score (nSPS) is 10.8. The molecule has 2 aromatic rings. The number of hydrogen-bond donors (Lipinski definition) is 1. The third kappa shape index (κ3) is 4.25. The van der Waals surface area contributed by atoms with Gasteiger partial charge in [0.15, 0.2) is 0 Å². The Bertz CT molecular complexity index is 637. The number of carbonyl (C=O) groups is 1. The van der Waals surface area contributed by atoms with E-state index in [0.29, 0.717) is 18.3 Å². The van der Waals surface area contributed by atoms with Crippen molar-refractivity contribution in [3.8, 4) is 11.5 Å². The molecule has 1 aromatic carbocycles. The topological polar surface area (TPSA) is 79.5 Å². The molecule has 0 fully saturated rings. The summed E-state index contributed by atoms with van der Waals surface area (Å²) >= 11 is 0. The number of nitrogens with zero attached hydrogens (tertiary/aromatic N) is 3. The number of benzene rings is 1. The molecule has 0 aliphatic heterocycles. The molecule has 1 heterocycles. The summed E-state index contributed by atoms with van der Waals surface area (Å²) < 4.78 is 5.59. The molecular formula is C15H17N3O3. The third-order valence-corrected chi connectivity index (χ3v) is 2.84. The lowest BCUT2D eigenvalue weighted by molar-refractivity contribution is -0.138. The predicted molar refractivity (Wildman–Crippen MR) is 77.6 cm³/mol. The standard InChI is InChI=1S/C15H17N3O3/c1-3-7-18(10-14(19)20)9-13-16-17-15(21-13)12-6-4-5-11(2)8-12/h3-6,8H,1,7,9-10H2,2H3,(H,19,20). The van der Waals surface area contributed by atoms with E-state index >= 15 is 0 Å². The molecule has 2 rings (SSSR count). The lowest BCUT2D eigenvalue weighted by Gasteiger charge is -2.15. The highest BCUT2D eigenvalue weighted by Crippen LogP contribution is 2.19. The summed E-state index contributed by atoms with van der Waals surface area (Å²) in [5.41, 5.74) is 1.95. The summed E-state index contributed by atoms with van der Waals surface area (Å²) in [5.74, 6) is -0.0903. The summed E-state index contributed by atoms with van der Waals surface area (Å²) in [6.45, 7) is 6.21. The minimum absolute atomic E-state index is 0.103. The van der Waals surface area contributed by atoms with Crippen LogP contribution >= 0.6 is 0 Å².